The molecule has 1 aliphatic heterocycles. The summed E-state index contributed by atoms with van der Waals surface area (Å²) in [5.74, 6) is 1.05. The molecule has 4 heterocycles. The van der Waals surface area contributed by atoms with Crippen LogP contribution in [-0.4, -0.2) is 45.0 Å². The lowest BCUT2D eigenvalue weighted by molar-refractivity contribution is 0.0271. The number of aryl methyl sites for hydroxylation is 2. The van der Waals surface area contributed by atoms with Crippen LogP contribution >= 0.6 is 0 Å². The second kappa shape index (κ2) is 6.90. The van der Waals surface area contributed by atoms with Crippen LogP contribution in [0.15, 0.2) is 42.7 Å². The first-order chi connectivity index (χ1) is 14.1. The van der Waals surface area contributed by atoms with E-state index >= 15 is 0 Å². The van der Waals surface area contributed by atoms with Crippen LogP contribution in [0.5, 0.6) is 0 Å². The summed E-state index contributed by atoms with van der Waals surface area (Å²) < 4.78 is 10.1. The molecule has 1 aliphatic rings. The summed E-state index contributed by atoms with van der Waals surface area (Å²) in [7, 11) is 0. The summed E-state index contributed by atoms with van der Waals surface area (Å²) in [6.45, 7) is 6.93. The van der Waals surface area contributed by atoms with Gasteiger partial charge in [-0.2, -0.15) is 10.4 Å². The number of para-hydroxylation sites is 2. The van der Waals surface area contributed by atoms with Gasteiger partial charge in [-0.05, 0) is 43.2 Å². The minimum Gasteiger partial charge on any atom is -0.373 e. The van der Waals surface area contributed by atoms with E-state index in [0.29, 0.717) is 18.7 Å². The highest BCUT2D eigenvalue weighted by molar-refractivity contribution is 5.85. The van der Waals surface area contributed by atoms with Crippen molar-refractivity contribution in [1.82, 2.24) is 19.2 Å². The molecule has 7 nitrogen and oxygen atoms in total. The van der Waals surface area contributed by atoms with E-state index in [2.05, 4.69) is 32.6 Å². The first kappa shape index (κ1) is 17.7. The zero-order valence-corrected chi connectivity index (χ0v) is 16.5. The Morgan fingerprint density at radius 3 is 2.93 bits per heavy atom. The molecule has 4 aromatic rings. The normalized spacial score (nSPS) is 17.1. The van der Waals surface area contributed by atoms with Crippen LogP contribution in [0.3, 0.4) is 0 Å². The van der Waals surface area contributed by atoms with Crippen molar-refractivity contribution in [2.45, 2.75) is 26.5 Å². The summed E-state index contributed by atoms with van der Waals surface area (Å²) in [6.07, 6.45) is 3.95. The van der Waals surface area contributed by atoms with E-state index < -0.39 is 0 Å². The van der Waals surface area contributed by atoms with Crippen LogP contribution in [0, 0.1) is 25.2 Å². The number of aromatic nitrogens is 4. The summed E-state index contributed by atoms with van der Waals surface area (Å²) in [6, 6.07) is 12.5. The van der Waals surface area contributed by atoms with Gasteiger partial charge in [0.1, 0.15) is 11.9 Å². The van der Waals surface area contributed by atoms with Gasteiger partial charge in [-0.3, -0.25) is 9.08 Å². The molecule has 3 aromatic heterocycles. The fourth-order valence-corrected chi connectivity index (χ4v) is 4.12. The molecule has 1 unspecified atom stereocenters. The summed E-state index contributed by atoms with van der Waals surface area (Å²) >= 11 is 0. The molecule has 0 saturated carbocycles. The largest absolute Gasteiger partial charge is 0.373 e. The zero-order chi connectivity index (χ0) is 20.0. The van der Waals surface area contributed by atoms with E-state index in [4.69, 9.17) is 9.72 Å². The van der Waals surface area contributed by atoms with E-state index in [-0.39, 0.29) is 6.10 Å². The van der Waals surface area contributed by atoms with E-state index in [9.17, 15) is 5.26 Å². The Kier molecular flexibility index (Phi) is 4.22. The maximum absolute atomic E-state index is 9.70. The van der Waals surface area contributed by atoms with Crippen molar-refractivity contribution in [2.75, 3.05) is 24.6 Å². The molecule has 146 valence electrons. The van der Waals surface area contributed by atoms with E-state index in [1.165, 1.54) is 0 Å². The molecule has 29 heavy (non-hydrogen) atoms. The van der Waals surface area contributed by atoms with Crippen molar-refractivity contribution in [3.8, 4) is 6.07 Å². The molecule has 5 rings (SSSR count). The Morgan fingerprint density at radius 2 is 2.14 bits per heavy atom. The van der Waals surface area contributed by atoms with Crippen LogP contribution in [0.25, 0.3) is 16.7 Å². The van der Waals surface area contributed by atoms with Gasteiger partial charge in [0.25, 0.3) is 0 Å². The number of benzene rings is 1. The van der Waals surface area contributed by atoms with Gasteiger partial charge in [-0.1, -0.05) is 12.1 Å². The smallest absolute Gasteiger partial charge is 0.157 e. The molecule has 0 N–H and O–H groups in total. The van der Waals surface area contributed by atoms with E-state index in [1.807, 2.05) is 49.1 Å². The topological polar surface area (TPSA) is 71.4 Å². The van der Waals surface area contributed by atoms with Gasteiger partial charge >= 0.3 is 0 Å². The van der Waals surface area contributed by atoms with Crippen molar-refractivity contribution in [1.29, 1.82) is 5.26 Å². The third kappa shape index (κ3) is 3.02. The van der Waals surface area contributed by atoms with Crippen LogP contribution in [-0.2, 0) is 11.3 Å². The number of ether oxygens (including phenoxy) is 1. The number of pyridine rings is 1. The summed E-state index contributed by atoms with van der Waals surface area (Å²) in [4.78, 5) is 7.09. The van der Waals surface area contributed by atoms with Gasteiger partial charge in [-0.25, -0.2) is 4.98 Å². The Morgan fingerprint density at radius 1 is 1.28 bits per heavy atom. The summed E-state index contributed by atoms with van der Waals surface area (Å²) in [5, 5.41) is 14.1. The molecule has 1 aromatic carbocycles. The number of hydrogen-bond donors (Lipinski definition) is 0. The third-order valence-corrected chi connectivity index (χ3v) is 5.48. The van der Waals surface area contributed by atoms with E-state index in [1.54, 1.807) is 0 Å². The lowest BCUT2D eigenvalue weighted by Crippen LogP contribution is -2.45. The highest BCUT2D eigenvalue weighted by atomic mass is 16.5. The fraction of sp³-hybridized carbons (Fsp3) is 0.318. The third-order valence-electron chi connectivity index (χ3n) is 5.48. The first-order valence-corrected chi connectivity index (χ1v) is 9.80. The quantitative estimate of drug-likeness (QED) is 0.541. The highest BCUT2D eigenvalue weighted by Gasteiger charge is 2.25. The van der Waals surface area contributed by atoms with Crippen molar-refractivity contribution in [3.63, 3.8) is 0 Å². The molecular formula is C22H22N6O. The van der Waals surface area contributed by atoms with Crippen LogP contribution in [0.4, 0.5) is 5.82 Å². The Labute approximate surface area is 168 Å². The van der Waals surface area contributed by atoms with Crippen LogP contribution in [0.1, 0.15) is 16.7 Å². The van der Waals surface area contributed by atoms with Crippen molar-refractivity contribution < 1.29 is 4.74 Å². The maximum Gasteiger partial charge on any atom is 0.157 e. The number of nitriles is 1. The monoisotopic (exact) mass is 386 g/mol. The fourth-order valence-electron chi connectivity index (χ4n) is 4.12. The molecule has 0 aliphatic carbocycles. The lowest BCUT2D eigenvalue weighted by atomic mass is 10.1. The number of anilines is 1. The second-order valence-corrected chi connectivity index (χ2v) is 7.61. The minimum atomic E-state index is 0.0452. The number of imidazole rings is 1. The summed E-state index contributed by atoms with van der Waals surface area (Å²) in [5.41, 5.74) is 5.34. The highest BCUT2D eigenvalue weighted by Crippen LogP contribution is 2.29. The Hall–Kier alpha value is -3.37. The maximum atomic E-state index is 9.70. The number of nitrogens with zero attached hydrogens (tertiary/aromatic N) is 6. The predicted molar refractivity (Wildman–Crippen MR) is 111 cm³/mol. The van der Waals surface area contributed by atoms with Crippen molar-refractivity contribution in [2.24, 2.45) is 0 Å². The molecule has 0 amide bonds. The minimum absolute atomic E-state index is 0.0452. The molecule has 7 heteroatoms. The zero-order valence-electron chi connectivity index (χ0n) is 16.5. The average Bonchev–Trinajstić information content (AvgIpc) is 3.31. The molecule has 1 atom stereocenters. The standard InChI is InChI=1S/C22H22N6O/c1-15-11-24-27(12-15)14-17-13-26(7-8-29-17)21-9-16(2)18(10-23)22-25-19-5-3-4-6-20(19)28(21)22/h3-6,9,11-12,17H,7-8,13-14H2,1-2H3. The number of hydrogen-bond acceptors (Lipinski definition) is 5. The van der Waals surface area contributed by atoms with Gasteiger partial charge in [0, 0.05) is 19.3 Å². The van der Waals surface area contributed by atoms with Crippen molar-refractivity contribution in [3.05, 3.63) is 59.4 Å². The second-order valence-electron chi connectivity index (χ2n) is 7.61. The Bertz CT molecular complexity index is 1250. The first-order valence-electron chi connectivity index (χ1n) is 9.80. The molecule has 0 bridgehead atoms. The van der Waals surface area contributed by atoms with Gasteiger partial charge in [-0.15, -0.1) is 0 Å². The predicted octanol–water partition coefficient (Wildman–Crippen LogP) is 3.08. The SMILES string of the molecule is Cc1cnn(CC2CN(c3cc(C)c(C#N)c4nc5ccccc5n34)CCO2)c1. The van der Waals surface area contributed by atoms with Gasteiger partial charge < -0.3 is 9.64 Å². The average molecular weight is 386 g/mol. The number of rotatable bonds is 3. The van der Waals surface area contributed by atoms with Crippen LogP contribution < -0.4 is 4.90 Å². The molecule has 1 fully saturated rings. The van der Waals surface area contributed by atoms with Crippen LogP contribution in [0.2, 0.25) is 0 Å². The van der Waals surface area contributed by atoms with Gasteiger partial charge in [0.2, 0.25) is 0 Å². The molecule has 0 radical (unpaired) electrons. The van der Waals surface area contributed by atoms with E-state index in [0.717, 1.165) is 46.7 Å². The molecular weight excluding hydrogens is 364 g/mol. The number of fused-ring (bicyclic) bond motifs is 3. The van der Waals surface area contributed by atoms with Gasteiger partial charge in [0.15, 0.2) is 5.65 Å². The Balaban J connectivity index is 1.58. The van der Waals surface area contributed by atoms with Gasteiger partial charge in [0.05, 0.1) is 42.0 Å². The molecule has 1 saturated heterocycles. The molecule has 0 spiro atoms. The van der Waals surface area contributed by atoms with Crippen molar-refractivity contribution >= 4 is 22.5 Å². The number of morpholine rings is 1. The lowest BCUT2D eigenvalue weighted by Gasteiger charge is -2.35.